The number of nitrogens with zero attached hydrogens (tertiary/aromatic N) is 2. The average Bonchev–Trinajstić information content (AvgIpc) is 3.11. The van der Waals surface area contributed by atoms with E-state index < -0.39 is 6.04 Å². The first-order valence-corrected chi connectivity index (χ1v) is 9.79. The van der Waals surface area contributed by atoms with E-state index in [1.807, 2.05) is 0 Å². The molecule has 1 aromatic carbocycles. The van der Waals surface area contributed by atoms with Gasteiger partial charge in [-0.3, -0.25) is 19.6 Å². The maximum Gasteiger partial charge on any atom is 0.237 e. The van der Waals surface area contributed by atoms with Gasteiger partial charge in [-0.15, -0.1) is 0 Å². The van der Waals surface area contributed by atoms with Crippen molar-refractivity contribution in [3.05, 3.63) is 41.8 Å². The fourth-order valence-electron chi connectivity index (χ4n) is 3.54. The first kappa shape index (κ1) is 21.0. The Bertz CT molecular complexity index is 857. The second-order valence-corrected chi connectivity index (χ2v) is 8.60. The molecule has 8 heteroatoms. The summed E-state index contributed by atoms with van der Waals surface area (Å²) in [7, 11) is 0. The topological polar surface area (TPSA) is 90.1 Å². The molecule has 156 valence electrons. The smallest absolute Gasteiger partial charge is 0.237 e. The van der Waals surface area contributed by atoms with Gasteiger partial charge in [0.05, 0.1) is 24.4 Å². The van der Waals surface area contributed by atoms with Crippen LogP contribution in [0, 0.1) is 11.2 Å². The summed E-state index contributed by atoms with van der Waals surface area (Å²) in [6.07, 6.45) is 1.74. The Balaban J connectivity index is 1.62. The molecule has 1 saturated heterocycles. The Morgan fingerprint density at radius 3 is 2.72 bits per heavy atom. The number of aromatic nitrogens is 2. The number of carbonyl (C=O) groups excluding carboxylic acids is 2. The average molecular weight is 401 g/mol. The number of rotatable bonds is 6. The van der Waals surface area contributed by atoms with Crippen LogP contribution in [0.5, 0.6) is 0 Å². The van der Waals surface area contributed by atoms with Gasteiger partial charge < -0.3 is 10.6 Å². The summed E-state index contributed by atoms with van der Waals surface area (Å²) in [6.45, 7) is 8.70. The number of H-pyrrole nitrogens is 1. The number of nitrogens with one attached hydrogen (secondary N) is 3. The number of benzene rings is 1. The quantitative estimate of drug-likeness (QED) is 0.691. The minimum atomic E-state index is -0.469. The summed E-state index contributed by atoms with van der Waals surface area (Å²) < 4.78 is 13.2. The second-order valence-electron chi connectivity index (χ2n) is 8.60. The highest BCUT2D eigenvalue weighted by Crippen LogP contribution is 2.22. The lowest BCUT2D eigenvalue weighted by Crippen LogP contribution is -2.58. The van der Waals surface area contributed by atoms with Gasteiger partial charge in [0.15, 0.2) is 0 Å². The van der Waals surface area contributed by atoms with Crippen LogP contribution in [0.1, 0.15) is 32.8 Å². The molecule has 3 N–H and O–H groups in total. The molecule has 2 heterocycles. The molecule has 29 heavy (non-hydrogen) atoms. The van der Waals surface area contributed by atoms with E-state index in [0.29, 0.717) is 6.54 Å². The summed E-state index contributed by atoms with van der Waals surface area (Å²) in [5.41, 5.74) is 2.35. The summed E-state index contributed by atoms with van der Waals surface area (Å²) in [4.78, 5) is 27.0. The maximum atomic E-state index is 13.2. The Hall–Kier alpha value is -2.74. The van der Waals surface area contributed by atoms with Crippen molar-refractivity contribution in [3.8, 4) is 11.3 Å². The van der Waals surface area contributed by atoms with E-state index in [-0.39, 0.29) is 36.0 Å². The number of amides is 2. The predicted molar refractivity (Wildman–Crippen MR) is 108 cm³/mol. The minimum Gasteiger partial charge on any atom is -0.353 e. The predicted octanol–water partition coefficient (Wildman–Crippen LogP) is 2.07. The molecule has 0 spiro atoms. The number of hydrogen-bond donors (Lipinski definition) is 3. The lowest BCUT2D eigenvalue weighted by molar-refractivity contribution is -0.134. The van der Waals surface area contributed by atoms with Gasteiger partial charge >= 0.3 is 0 Å². The molecule has 0 bridgehead atoms. The standard InChI is InChI=1S/C21H28FN5O2/c1-21(2,3)13-27-9-8-23-20(29)17(27)10-18(28)24-11-15-12-25-26-19(15)14-4-6-16(22)7-5-14/h4-7,12,17H,8-11,13H2,1-3H3,(H,23,29)(H,24,28)(H,25,26)/t17-/m1/s1. The van der Waals surface area contributed by atoms with E-state index in [1.165, 1.54) is 12.1 Å². The third-order valence-electron chi connectivity index (χ3n) is 4.82. The fraction of sp³-hybridized carbons (Fsp3) is 0.476. The molecule has 1 aliphatic rings. The van der Waals surface area contributed by atoms with E-state index in [1.54, 1.807) is 18.3 Å². The fourth-order valence-corrected chi connectivity index (χ4v) is 3.54. The molecule has 1 aromatic heterocycles. The van der Waals surface area contributed by atoms with E-state index in [0.717, 1.165) is 29.9 Å². The van der Waals surface area contributed by atoms with Crippen LogP contribution in [-0.2, 0) is 16.1 Å². The third-order valence-corrected chi connectivity index (χ3v) is 4.82. The molecule has 2 aromatic rings. The lowest BCUT2D eigenvalue weighted by atomic mass is 9.94. The normalized spacial score (nSPS) is 17.8. The zero-order chi connectivity index (χ0) is 21.0. The van der Waals surface area contributed by atoms with Crippen molar-refractivity contribution in [2.45, 2.75) is 39.8 Å². The summed E-state index contributed by atoms with van der Waals surface area (Å²) >= 11 is 0. The Morgan fingerprint density at radius 2 is 2.03 bits per heavy atom. The number of piperazine rings is 1. The van der Waals surface area contributed by atoms with Crippen LogP contribution in [0.15, 0.2) is 30.5 Å². The summed E-state index contributed by atoms with van der Waals surface area (Å²) in [5, 5.41) is 12.7. The molecule has 1 fully saturated rings. The first-order valence-electron chi connectivity index (χ1n) is 9.79. The molecule has 1 atom stereocenters. The van der Waals surface area contributed by atoms with Crippen LogP contribution in [0.4, 0.5) is 4.39 Å². The van der Waals surface area contributed by atoms with Gasteiger partial charge in [-0.25, -0.2) is 4.39 Å². The van der Waals surface area contributed by atoms with E-state index >= 15 is 0 Å². The number of halogens is 1. The molecular formula is C21H28FN5O2. The molecule has 7 nitrogen and oxygen atoms in total. The van der Waals surface area contributed by atoms with Crippen molar-refractivity contribution in [3.63, 3.8) is 0 Å². The molecule has 0 aliphatic carbocycles. The highest BCUT2D eigenvalue weighted by atomic mass is 19.1. The van der Waals surface area contributed by atoms with Crippen LogP contribution in [0.2, 0.25) is 0 Å². The number of aromatic amines is 1. The van der Waals surface area contributed by atoms with Crippen LogP contribution >= 0.6 is 0 Å². The zero-order valence-corrected chi connectivity index (χ0v) is 17.1. The van der Waals surface area contributed by atoms with Crippen molar-refractivity contribution in [1.29, 1.82) is 0 Å². The van der Waals surface area contributed by atoms with Crippen molar-refractivity contribution >= 4 is 11.8 Å². The lowest BCUT2D eigenvalue weighted by Gasteiger charge is -2.38. The summed E-state index contributed by atoms with van der Waals surface area (Å²) in [5.74, 6) is -0.614. The number of carbonyl (C=O) groups is 2. The van der Waals surface area contributed by atoms with Crippen LogP contribution < -0.4 is 10.6 Å². The Labute approximate surface area is 170 Å². The molecule has 0 unspecified atom stereocenters. The van der Waals surface area contributed by atoms with Gasteiger partial charge in [-0.2, -0.15) is 5.10 Å². The number of hydrogen-bond acceptors (Lipinski definition) is 4. The van der Waals surface area contributed by atoms with Crippen LogP contribution in [0.25, 0.3) is 11.3 Å². The minimum absolute atomic E-state index is 0.0349. The molecule has 0 saturated carbocycles. The van der Waals surface area contributed by atoms with Crippen LogP contribution in [0.3, 0.4) is 0 Å². The van der Waals surface area contributed by atoms with Crippen molar-refractivity contribution < 1.29 is 14.0 Å². The van der Waals surface area contributed by atoms with Gasteiger partial charge in [0.2, 0.25) is 11.8 Å². The SMILES string of the molecule is CC(C)(C)CN1CCNC(=O)[C@H]1CC(=O)NCc1cn[nH]c1-c1ccc(F)cc1. The maximum absolute atomic E-state index is 13.2. The molecular weight excluding hydrogens is 373 g/mol. The molecule has 2 amide bonds. The summed E-state index contributed by atoms with van der Waals surface area (Å²) in [6, 6.07) is 5.60. The van der Waals surface area contributed by atoms with Gasteiger partial charge in [0.25, 0.3) is 0 Å². The highest BCUT2D eigenvalue weighted by Gasteiger charge is 2.33. The van der Waals surface area contributed by atoms with E-state index in [9.17, 15) is 14.0 Å². The molecule has 1 aliphatic heterocycles. The van der Waals surface area contributed by atoms with E-state index in [2.05, 4.69) is 46.5 Å². The Morgan fingerprint density at radius 1 is 1.31 bits per heavy atom. The van der Waals surface area contributed by atoms with Crippen molar-refractivity contribution in [2.24, 2.45) is 5.41 Å². The monoisotopic (exact) mass is 401 g/mol. The van der Waals surface area contributed by atoms with Gasteiger partial charge in [0, 0.05) is 37.3 Å². The van der Waals surface area contributed by atoms with Crippen LogP contribution in [-0.4, -0.2) is 52.6 Å². The molecule has 3 rings (SSSR count). The Kier molecular flexibility index (Phi) is 6.32. The zero-order valence-electron chi connectivity index (χ0n) is 17.1. The van der Waals surface area contributed by atoms with Gasteiger partial charge in [0.1, 0.15) is 5.82 Å². The van der Waals surface area contributed by atoms with Crippen molar-refractivity contribution in [1.82, 2.24) is 25.7 Å². The largest absolute Gasteiger partial charge is 0.353 e. The third kappa shape index (κ3) is 5.63. The van der Waals surface area contributed by atoms with E-state index in [4.69, 9.17) is 0 Å². The van der Waals surface area contributed by atoms with Gasteiger partial charge in [-0.1, -0.05) is 20.8 Å². The first-order chi connectivity index (χ1) is 13.7. The second kappa shape index (κ2) is 8.73. The highest BCUT2D eigenvalue weighted by molar-refractivity contribution is 5.88. The van der Waals surface area contributed by atoms with Crippen molar-refractivity contribution in [2.75, 3.05) is 19.6 Å². The van der Waals surface area contributed by atoms with Gasteiger partial charge in [-0.05, 0) is 29.7 Å². The molecule has 0 radical (unpaired) electrons.